The third-order valence-corrected chi connectivity index (χ3v) is 4.79. The zero-order chi connectivity index (χ0) is 9.54. The van der Waals surface area contributed by atoms with Gasteiger partial charge in [-0.3, -0.25) is 0 Å². The quantitative estimate of drug-likeness (QED) is 0.677. The zero-order valence-electron chi connectivity index (χ0n) is 7.46. The number of halogens is 1. The summed E-state index contributed by atoms with van der Waals surface area (Å²) < 4.78 is 11.1. The van der Waals surface area contributed by atoms with Crippen LogP contribution in [0.15, 0.2) is 12.1 Å². The summed E-state index contributed by atoms with van der Waals surface area (Å²) in [5.74, 6) is 2.95. The van der Waals surface area contributed by atoms with E-state index in [1.54, 1.807) is 0 Å². The monoisotopic (exact) mass is 272 g/mol. The second-order valence-corrected chi connectivity index (χ2v) is 6.08. The Morgan fingerprint density at radius 3 is 2.93 bits per heavy atom. The Hall–Kier alpha value is -0.350. The molecule has 2 heterocycles. The predicted molar refractivity (Wildman–Crippen MR) is 60.4 cm³/mol. The highest BCUT2D eigenvalue weighted by Crippen LogP contribution is 2.46. The first kappa shape index (κ1) is 8.92. The van der Waals surface area contributed by atoms with Gasteiger partial charge in [0.1, 0.15) is 0 Å². The third-order valence-electron chi connectivity index (χ3n) is 2.51. The van der Waals surface area contributed by atoms with Gasteiger partial charge in [0, 0.05) is 0 Å². The van der Waals surface area contributed by atoms with E-state index in [2.05, 4.69) is 28.1 Å². The lowest BCUT2D eigenvalue weighted by molar-refractivity contribution is 0.174. The van der Waals surface area contributed by atoms with Gasteiger partial charge in [0.05, 0.1) is 4.16 Å². The minimum atomic E-state index is 0.359. The van der Waals surface area contributed by atoms with Crippen LogP contribution in [0.5, 0.6) is 11.5 Å². The maximum absolute atomic E-state index is 5.36. The molecule has 0 aliphatic carbocycles. The number of fused-ring (bicyclic) bond motifs is 2. The molecule has 0 radical (unpaired) electrons. The summed E-state index contributed by atoms with van der Waals surface area (Å²) >= 11 is 5.59. The van der Waals surface area contributed by atoms with Crippen LogP contribution in [0, 0.1) is 0 Å². The number of benzene rings is 1. The molecule has 0 amide bonds. The number of alkyl halides is 1. The van der Waals surface area contributed by atoms with E-state index >= 15 is 0 Å². The fraction of sp³-hybridized carbons (Fsp3) is 0.400. The Bertz CT molecular complexity index is 381. The molecule has 0 spiro atoms. The number of rotatable bonds is 0. The van der Waals surface area contributed by atoms with Crippen molar-refractivity contribution in [2.24, 2.45) is 0 Å². The molecule has 0 bridgehead atoms. The summed E-state index contributed by atoms with van der Waals surface area (Å²) in [7, 11) is 0. The second-order valence-electron chi connectivity index (χ2n) is 3.34. The Kier molecular flexibility index (Phi) is 2.13. The average molecular weight is 273 g/mol. The highest BCUT2D eigenvalue weighted by Gasteiger charge is 2.23. The molecule has 0 saturated heterocycles. The van der Waals surface area contributed by atoms with Crippen LogP contribution in [0.25, 0.3) is 0 Å². The van der Waals surface area contributed by atoms with Gasteiger partial charge in [0.2, 0.25) is 6.79 Å². The molecule has 0 N–H and O–H groups in total. The van der Waals surface area contributed by atoms with Crippen LogP contribution in [-0.4, -0.2) is 12.5 Å². The first-order valence-electron chi connectivity index (χ1n) is 4.53. The van der Waals surface area contributed by atoms with Gasteiger partial charge in [-0.1, -0.05) is 15.9 Å². The standard InChI is InChI=1S/C10H9BrO2S/c11-10-7-4-9-8(12-5-13-9)3-6(7)1-2-14-10/h3-4,10H,1-2,5H2. The van der Waals surface area contributed by atoms with Crippen molar-refractivity contribution in [3.8, 4) is 11.5 Å². The van der Waals surface area contributed by atoms with Crippen molar-refractivity contribution < 1.29 is 9.47 Å². The van der Waals surface area contributed by atoms with Crippen LogP contribution in [0.3, 0.4) is 0 Å². The molecule has 2 nitrogen and oxygen atoms in total. The smallest absolute Gasteiger partial charge is 0.231 e. The molecule has 74 valence electrons. The summed E-state index contributed by atoms with van der Waals surface area (Å²) in [5.41, 5.74) is 2.72. The molecule has 1 aromatic rings. The molecule has 2 aliphatic heterocycles. The van der Waals surface area contributed by atoms with Crippen molar-refractivity contribution in [1.29, 1.82) is 0 Å². The first-order chi connectivity index (χ1) is 6.84. The molecule has 3 rings (SSSR count). The van der Waals surface area contributed by atoms with Gasteiger partial charge in [-0.15, -0.1) is 11.8 Å². The Morgan fingerprint density at radius 1 is 1.29 bits per heavy atom. The van der Waals surface area contributed by atoms with Crippen LogP contribution in [0.1, 0.15) is 15.3 Å². The van der Waals surface area contributed by atoms with Crippen LogP contribution in [0.2, 0.25) is 0 Å². The van der Waals surface area contributed by atoms with Crippen LogP contribution in [0.4, 0.5) is 0 Å². The maximum atomic E-state index is 5.36. The number of hydrogen-bond donors (Lipinski definition) is 0. The molecule has 0 fully saturated rings. The van der Waals surface area contributed by atoms with Crippen molar-refractivity contribution in [3.05, 3.63) is 23.3 Å². The van der Waals surface area contributed by atoms with Crippen molar-refractivity contribution in [1.82, 2.24) is 0 Å². The Balaban J connectivity index is 2.12. The van der Waals surface area contributed by atoms with Crippen LogP contribution in [-0.2, 0) is 6.42 Å². The van der Waals surface area contributed by atoms with E-state index in [4.69, 9.17) is 9.47 Å². The Labute approximate surface area is 95.1 Å². The maximum Gasteiger partial charge on any atom is 0.231 e. The fourth-order valence-corrected chi connectivity index (χ4v) is 3.72. The molecule has 2 aliphatic rings. The van der Waals surface area contributed by atoms with E-state index in [0.29, 0.717) is 11.0 Å². The molecule has 1 aromatic carbocycles. The lowest BCUT2D eigenvalue weighted by Gasteiger charge is -2.20. The molecule has 0 saturated carbocycles. The number of thioether (sulfide) groups is 1. The molecule has 1 unspecified atom stereocenters. The SMILES string of the molecule is BrC1SCCc2cc3c(cc21)OCO3. The normalized spacial score (nSPS) is 23.4. The lowest BCUT2D eigenvalue weighted by atomic mass is 10.1. The minimum absolute atomic E-state index is 0.359. The molecule has 4 heteroatoms. The second kappa shape index (κ2) is 3.35. The largest absolute Gasteiger partial charge is 0.454 e. The predicted octanol–water partition coefficient (Wildman–Crippen LogP) is 3.10. The van der Waals surface area contributed by atoms with Gasteiger partial charge < -0.3 is 9.47 Å². The zero-order valence-corrected chi connectivity index (χ0v) is 9.86. The summed E-state index contributed by atoms with van der Waals surface area (Å²) in [4.78, 5) is 0. The molecule has 1 atom stereocenters. The fourth-order valence-electron chi connectivity index (χ4n) is 1.79. The average Bonchev–Trinajstić information content (AvgIpc) is 2.62. The molecular weight excluding hydrogens is 264 g/mol. The highest BCUT2D eigenvalue weighted by atomic mass is 79.9. The minimum Gasteiger partial charge on any atom is -0.454 e. The van der Waals surface area contributed by atoms with E-state index in [1.165, 1.54) is 16.9 Å². The summed E-state index contributed by atoms with van der Waals surface area (Å²) in [6.45, 7) is 0.359. The third kappa shape index (κ3) is 1.32. The highest BCUT2D eigenvalue weighted by molar-refractivity contribution is 9.11. The lowest BCUT2D eigenvalue weighted by Crippen LogP contribution is -2.03. The van der Waals surface area contributed by atoms with E-state index in [9.17, 15) is 0 Å². The number of hydrogen-bond acceptors (Lipinski definition) is 3. The van der Waals surface area contributed by atoms with Crippen molar-refractivity contribution in [2.75, 3.05) is 12.5 Å². The van der Waals surface area contributed by atoms with E-state index in [-0.39, 0.29) is 0 Å². The van der Waals surface area contributed by atoms with Gasteiger partial charge in [-0.25, -0.2) is 0 Å². The van der Waals surface area contributed by atoms with E-state index in [1.807, 2.05) is 11.8 Å². The molecule has 14 heavy (non-hydrogen) atoms. The van der Waals surface area contributed by atoms with Gasteiger partial charge >= 0.3 is 0 Å². The van der Waals surface area contributed by atoms with E-state index < -0.39 is 0 Å². The van der Waals surface area contributed by atoms with Crippen molar-refractivity contribution in [3.63, 3.8) is 0 Å². The van der Waals surface area contributed by atoms with Gasteiger partial charge in [-0.2, -0.15) is 0 Å². The molecular formula is C10H9BrO2S. The topological polar surface area (TPSA) is 18.5 Å². The van der Waals surface area contributed by atoms with Gasteiger partial charge in [0.25, 0.3) is 0 Å². The summed E-state index contributed by atoms with van der Waals surface area (Å²) in [5, 5.41) is 0. The number of aryl methyl sites for hydroxylation is 1. The van der Waals surface area contributed by atoms with Crippen molar-refractivity contribution >= 4 is 27.7 Å². The Morgan fingerprint density at radius 2 is 2.07 bits per heavy atom. The van der Waals surface area contributed by atoms with Crippen molar-refractivity contribution in [2.45, 2.75) is 10.6 Å². The summed E-state index contributed by atoms with van der Waals surface area (Å²) in [6.07, 6.45) is 1.12. The van der Waals surface area contributed by atoms with Crippen LogP contribution >= 0.6 is 27.7 Å². The van der Waals surface area contributed by atoms with Crippen LogP contribution < -0.4 is 9.47 Å². The van der Waals surface area contributed by atoms with Gasteiger partial charge in [-0.05, 0) is 35.4 Å². The summed E-state index contributed by atoms with van der Waals surface area (Å²) in [6, 6.07) is 4.22. The van der Waals surface area contributed by atoms with Gasteiger partial charge in [0.15, 0.2) is 11.5 Å². The number of ether oxygens (including phenoxy) is 2. The molecule has 0 aromatic heterocycles. The van der Waals surface area contributed by atoms with E-state index in [0.717, 1.165) is 17.9 Å². The first-order valence-corrected chi connectivity index (χ1v) is 6.49.